The van der Waals surface area contributed by atoms with Gasteiger partial charge >= 0.3 is 5.97 Å². The van der Waals surface area contributed by atoms with Crippen LogP contribution in [0.15, 0.2) is 107 Å². The third kappa shape index (κ3) is 10.4. The van der Waals surface area contributed by atoms with Crippen molar-refractivity contribution in [3.63, 3.8) is 0 Å². The predicted octanol–water partition coefficient (Wildman–Crippen LogP) is 9.07. The molecule has 0 saturated heterocycles. The second-order valence-electron chi connectivity index (χ2n) is 12.3. The third-order valence-electron chi connectivity index (χ3n) is 9.11. The number of hydrogen-bond acceptors (Lipinski definition) is 5. The summed E-state index contributed by atoms with van der Waals surface area (Å²) >= 11 is 2.30. The lowest BCUT2D eigenvalue weighted by molar-refractivity contribution is 0.0696. The zero-order chi connectivity index (χ0) is 34.1. The first-order valence-electron chi connectivity index (χ1n) is 15.7. The molecule has 250 valence electrons. The predicted molar refractivity (Wildman–Crippen MR) is 190 cm³/mol. The first-order valence-corrected chi connectivity index (χ1v) is 18.8. The summed E-state index contributed by atoms with van der Waals surface area (Å²) < 4.78 is 54.2. The minimum Gasteiger partial charge on any atom is -0.478 e. The van der Waals surface area contributed by atoms with Crippen molar-refractivity contribution in [2.45, 2.75) is 85.2 Å². The maximum atomic E-state index is 11.7. The molecular formula is C37H42O7S3. The molecule has 0 aliphatic rings. The fraction of sp³-hybridized carbons (Fsp3) is 0.324. The van der Waals surface area contributed by atoms with Crippen LogP contribution in [0.4, 0.5) is 0 Å². The molecule has 0 aromatic heterocycles. The Labute approximate surface area is 285 Å². The van der Waals surface area contributed by atoms with Crippen LogP contribution in [0.5, 0.6) is 0 Å². The van der Waals surface area contributed by atoms with Gasteiger partial charge in [0.2, 0.25) is 0 Å². The summed E-state index contributed by atoms with van der Waals surface area (Å²) in [6.45, 7) is 4.32. The molecule has 4 aromatic rings. The summed E-state index contributed by atoms with van der Waals surface area (Å²) in [6.07, 6.45) is 4.19. The first-order chi connectivity index (χ1) is 22.3. The lowest BCUT2D eigenvalue weighted by Crippen LogP contribution is -2.09. The monoisotopic (exact) mass is 694 g/mol. The van der Waals surface area contributed by atoms with E-state index in [4.69, 9.17) is 0 Å². The van der Waals surface area contributed by atoms with E-state index in [1.54, 1.807) is 36.4 Å². The van der Waals surface area contributed by atoms with Gasteiger partial charge in [0.25, 0.3) is 10.1 Å². The van der Waals surface area contributed by atoms with Gasteiger partial charge in [-0.15, -0.1) is 0 Å². The largest absolute Gasteiger partial charge is 0.478 e. The summed E-state index contributed by atoms with van der Waals surface area (Å²) in [4.78, 5) is 11.6. The number of thiol groups is 1. The zero-order valence-electron chi connectivity index (χ0n) is 26.5. The molecule has 10 heteroatoms. The van der Waals surface area contributed by atoms with Gasteiger partial charge in [0.05, 0.1) is 15.4 Å². The van der Waals surface area contributed by atoms with Crippen LogP contribution >= 0.6 is 12.6 Å². The second kappa shape index (κ2) is 16.7. The van der Waals surface area contributed by atoms with Gasteiger partial charge in [0.15, 0.2) is 11.1 Å². The van der Waals surface area contributed by atoms with Crippen molar-refractivity contribution in [1.82, 2.24) is 0 Å². The highest BCUT2D eigenvalue weighted by Gasteiger charge is 2.22. The van der Waals surface area contributed by atoms with Crippen molar-refractivity contribution < 1.29 is 31.6 Å². The molecule has 0 heterocycles. The van der Waals surface area contributed by atoms with Crippen LogP contribution in [0.2, 0.25) is 0 Å². The van der Waals surface area contributed by atoms with E-state index in [2.05, 4.69) is 50.7 Å². The van der Waals surface area contributed by atoms with Crippen LogP contribution in [-0.2, 0) is 27.0 Å². The quantitative estimate of drug-likeness (QED) is 0.0523. The van der Waals surface area contributed by atoms with E-state index in [1.165, 1.54) is 23.3 Å². The van der Waals surface area contributed by atoms with E-state index >= 15 is 0 Å². The summed E-state index contributed by atoms with van der Waals surface area (Å²) in [6, 6.07) is 29.1. The van der Waals surface area contributed by atoms with E-state index in [-0.39, 0.29) is 28.2 Å². The van der Waals surface area contributed by atoms with E-state index < -0.39 is 27.2 Å². The van der Waals surface area contributed by atoms with Gasteiger partial charge in [-0.2, -0.15) is 21.0 Å². The summed E-state index contributed by atoms with van der Waals surface area (Å²) in [7, 11) is -4.33. The van der Waals surface area contributed by atoms with Gasteiger partial charge in [-0.1, -0.05) is 74.5 Å². The Balaban J connectivity index is 1.59. The molecular weight excluding hydrogens is 653 g/mol. The number of carboxylic acids is 1. The fourth-order valence-electron chi connectivity index (χ4n) is 6.16. The van der Waals surface area contributed by atoms with Gasteiger partial charge in [-0.05, 0) is 120 Å². The number of carboxylic acid groups (broad SMARTS) is 1. The molecule has 7 nitrogen and oxygen atoms in total. The molecule has 0 amide bonds. The molecule has 0 bridgehead atoms. The van der Waals surface area contributed by atoms with Crippen molar-refractivity contribution in [3.8, 4) is 0 Å². The summed E-state index contributed by atoms with van der Waals surface area (Å²) in [5.41, 5.74) is 5.72. The van der Waals surface area contributed by atoms with Gasteiger partial charge < -0.3 is 9.66 Å². The Bertz CT molecular complexity index is 1740. The van der Waals surface area contributed by atoms with E-state index in [1.807, 2.05) is 24.3 Å². The van der Waals surface area contributed by atoms with Gasteiger partial charge in [0.1, 0.15) is 0 Å². The van der Waals surface area contributed by atoms with Gasteiger partial charge in [-0.3, -0.25) is 4.55 Å². The lowest BCUT2D eigenvalue weighted by atomic mass is 9.79. The minimum atomic E-state index is -4.33. The normalized spacial score (nSPS) is 15.0. The molecule has 4 aromatic carbocycles. The van der Waals surface area contributed by atoms with Crippen molar-refractivity contribution in [2.75, 3.05) is 0 Å². The standard InChI is InChI=1S/C37H42O7S3/c1-25(28-7-4-27(24-45)5-8-28)3-6-30(31-15-19-35(20-16-31)46(40)41)11-14-34(32-17-21-36(22-18-32)47(42,43)44)23-26(2)29-9-12-33(13-10-29)37(38)39/h4-5,7-10,12-13,15-22,25-26,30,34,45H,3,6,11,14,23-24H2,1-2H3,(H,38,39)(H,40,41)(H,42,43,44). The fourth-order valence-corrected chi connectivity index (χ4v) is 7.22. The van der Waals surface area contributed by atoms with Crippen molar-refractivity contribution in [2.24, 2.45) is 0 Å². The molecule has 3 N–H and O–H groups in total. The van der Waals surface area contributed by atoms with E-state index in [0.29, 0.717) is 16.6 Å². The van der Waals surface area contributed by atoms with Crippen molar-refractivity contribution in [1.29, 1.82) is 0 Å². The van der Waals surface area contributed by atoms with Crippen LogP contribution in [0.1, 0.15) is 108 Å². The summed E-state index contributed by atoms with van der Waals surface area (Å²) in [5, 5.41) is 9.32. The molecule has 0 radical (unpaired) electrons. The molecule has 0 aliphatic carbocycles. The van der Waals surface area contributed by atoms with Crippen molar-refractivity contribution in [3.05, 3.63) is 130 Å². The zero-order valence-corrected chi connectivity index (χ0v) is 29.1. The van der Waals surface area contributed by atoms with Crippen LogP contribution in [0.3, 0.4) is 0 Å². The average Bonchev–Trinajstić information content (AvgIpc) is 3.07. The Hall–Kier alpha value is -3.28. The molecule has 0 spiro atoms. The summed E-state index contributed by atoms with van der Waals surface area (Å²) in [5.74, 6) is 0.332. The molecule has 5 atom stereocenters. The number of benzene rings is 4. The lowest BCUT2D eigenvalue weighted by Gasteiger charge is -2.26. The number of rotatable bonds is 16. The van der Waals surface area contributed by atoms with Crippen LogP contribution in [-0.4, -0.2) is 32.8 Å². The molecule has 47 heavy (non-hydrogen) atoms. The Morgan fingerprint density at radius 3 is 1.70 bits per heavy atom. The van der Waals surface area contributed by atoms with E-state index in [0.717, 1.165) is 48.8 Å². The minimum absolute atomic E-state index is 0.0394. The number of aromatic carboxylic acids is 1. The number of carbonyl (C=O) groups is 1. The highest BCUT2D eigenvalue weighted by molar-refractivity contribution is 7.85. The molecule has 0 aliphatic heterocycles. The molecule has 0 saturated carbocycles. The third-order valence-corrected chi connectivity index (χ3v) is 11.0. The van der Waals surface area contributed by atoms with Gasteiger partial charge in [0, 0.05) is 5.75 Å². The second-order valence-corrected chi connectivity index (χ2v) is 15.0. The van der Waals surface area contributed by atoms with E-state index in [9.17, 15) is 31.6 Å². The van der Waals surface area contributed by atoms with Crippen molar-refractivity contribution >= 4 is 39.8 Å². The van der Waals surface area contributed by atoms with Gasteiger partial charge in [-0.25, -0.2) is 9.00 Å². The Morgan fingerprint density at radius 2 is 1.17 bits per heavy atom. The smallest absolute Gasteiger partial charge is 0.335 e. The molecule has 5 unspecified atom stereocenters. The Morgan fingerprint density at radius 1 is 0.702 bits per heavy atom. The SMILES string of the molecule is CC(CCC(CCC(CC(C)c1ccc(C(=O)O)cc1)c1ccc(S(=O)(=O)O)cc1)c1ccc(S(=O)O)cc1)c1ccc(CS)cc1. The average molecular weight is 695 g/mol. The molecule has 4 rings (SSSR count). The number of hydrogen-bond donors (Lipinski definition) is 4. The topological polar surface area (TPSA) is 129 Å². The highest BCUT2D eigenvalue weighted by atomic mass is 32.2. The highest BCUT2D eigenvalue weighted by Crippen LogP contribution is 2.38. The van der Waals surface area contributed by atoms with Crippen LogP contribution in [0, 0.1) is 0 Å². The Kier molecular flexibility index (Phi) is 13.0. The van der Waals surface area contributed by atoms with Crippen LogP contribution < -0.4 is 0 Å². The maximum Gasteiger partial charge on any atom is 0.335 e. The van der Waals surface area contributed by atoms with Crippen LogP contribution in [0.25, 0.3) is 0 Å². The first kappa shape index (κ1) is 36.6. The maximum absolute atomic E-state index is 11.7. The molecule has 0 fully saturated rings.